The molecule has 2 fully saturated rings. The van der Waals surface area contributed by atoms with Crippen LogP contribution in [0.25, 0.3) is 0 Å². The monoisotopic (exact) mass is 285 g/mol. The Morgan fingerprint density at radius 3 is 2.58 bits per heavy atom. The molecule has 1 heterocycles. The predicted octanol–water partition coefficient (Wildman–Crippen LogP) is 2.01. The molecular weight excluding hydrogens is 258 g/mol. The molecule has 0 spiro atoms. The molecule has 2 atom stereocenters. The van der Waals surface area contributed by atoms with Crippen LogP contribution < -0.4 is 5.32 Å². The van der Waals surface area contributed by atoms with Gasteiger partial charge in [0.05, 0.1) is 0 Å². The molecule has 1 saturated carbocycles. The third-order valence-corrected chi connectivity index (χ3v) is 5.45. The summed E-state index contributed by atoms with van der Waals surface area (Å²) in [4.78, 5) is 16.6. The van der Waals surface area contributed by atoms with Gasteiger partial charge in [0.15, 0.2) is 0 Å². The Bertz CT molecular complexity index is 292. The van der Waals surface area contributed by atoms with Crippen LogP contribution in [0.3, 0.4) is 0 Å². The highest BCUT2D eigenvalue weighted by Gasteiger charge is 2.28. The Labute approximate surface area is 121 Å². The van der Waals surface area contributed by atoms with E-state index in [4.69, 9.17) is 0 Å². The number of thioether (sulfide) groups is 1. The lowest BCUT2D eigenvalue weighted by Gasteiger charge is -2.34. The summed E-state index contributed by atoms with van der Waals surface area (Å²) in [5.41, 5.74) is 0. The molecule has 19 heavy (non-hydrogen) atoms. The molecule has 4 nitrogen and oxygen atoms in total. The van der Waals surface area contributed by atoms with Gasteiger partial charge in [0, 0.05) is 37.5 Å². The van der Waals surface area contributed by atoms with Crippen molar-refractivity contribution in [2.45, 2.75) is 44.4 Å². The smallest absolute Gasteiger partial charge is 0.317 e. The van der Waals surface area contributed by atoms with Gasteiger partial charge >= 0.3 is 6.03 Å². The van der Waals surface area contributed by atoms with Crippen LogP contribution in [0, 0.1) is 0 Å². The SMILES string of the molecule is CCS[C@@H]1CC[C@@H](NC(=O)N2CCN(CC)CC2)C1. The van der Waals surface area contributed by atoms with Crippen LogP contribution in [-0.2, 0) is 0 Å². The lowest BCUT2D eigenvalue weighted by molar-refractivity contribution is 0.141. The van der Waals surface area contributed by atoms with E-state index >= 15 is 0 Å². The van der Waals surface area contributed by atoms with Gasteiger partial charge in [-0.3, -0.25) is 0 Å². The molecule has 0 aromatic carbocycles. The van der Waals surface area contributed by atoms with Crippen molar-refractivity contribution in [1.29, 1.82) is 0 Å². The maximum Gasteiger partial charge on any atom is 0.317 e. The summed E-state index contributed by atoms with van der Waals surface area (Å²) < 4.78 is 0. The van der Waals surface area contributed by atoms with E-state index in [1.54, 1.807) is 0 Å². The van der Waals surface area contributed by atoms with Gasteiger partial charge in [-0.05, 0) is 31.6 Å². The number of hydrogen-bond acceptors (Lipinski definition) is 3. The van der Waals surface area contributed by atoms with Gasteiger partial charge in [-0.25, -0.2) is 4.79 Å². The topological polar surface area (TPSA) is 35.6 Å². The van der Waals surface area contributed by atoms with Gasteiger partial charge in [-0.1, -0.05) is 13.8 Å². The molecule has 2 rings (SSSR count). The molecule has 1 N–H and O–H groups in total. The fraction of sp³-hybridized carbons (Fsp3) is 0.929. The third kappa shape index (κ3) is 4.28. The minimum absolute atomic E-state index is 0.155. The highest BCUT2D eigenvalue weighted by atomic mass is 32.2. The van der Waals surface area contributed by atoms with Crippen LogP contribution in [0.15, 0.2) is 0 Å². The van der Waals surface area contributed by atoms with Crippen molar-refractivity contribution in [3.8, 4) is 0 Å². The fourth-order valence-corrected chi connectivity index (χ4v) is 4.13. The van der Waals surface area contributed by atoms with Gasteiger partial charge in [-0.2, -0.15) is 11.8 Å². The molecule has 0 bridgehead atoms. The summed E-state index contributed by atoms with van der Waals surface area (Å²) in [6, 6.07) is 0.559. The number of amides is 2. The standard InChI is InChI=1S/C14H27N3OS/c1-3-16-7-9-17(10-8-16)14(18)15-12-5-6-13(11-12)19-4-2/h12-13H,3-11H2,1-2H3,(H,15,18)/t12-,13-/m1/s1. The van der Waals surface area contributed by atoms with E-state index in [0.29, 0.717) is 6.04 Å². The van der Waals surface area contributed by atoms with E-state index in [1.165, 1.54) is 12.2 Å². The quantitative estimate of drug-likeness (QED) is 0.858. The molecule has 110 valence electrons. The highest BCUT2D eigenvalue weighted by Crippen LogP contribution is 2.29. The lowest BCUT2D eigenvalue weighted by atomic mass is 10.2. The normalized spacial score (nSPS) is 28.6. The summed E-state index contributed by atoms with van der Waals surface area (Å²) in [5, 5.41) is 3.98. The summed E-state index contributed by atoms with van der Waals surface area (Å²) in [6.07, 6.45) is 3.56. The zero-order valence-corrected chi connectivity index (χ0v) is 13.0. The number of rotatable bonds is 4. The molecule has 1 aliphatic carbocycles. The van der Waals surface area contributed by atoms with Gasteiger partial charge in [-0.15, -0.1) is 0 Å². The molecule has 0 unspecified atom stereocenters. The number of likely N-dealkylation sites (N-methyl/N-ethyl adjacent to an activating group) is 1. The van der Waals surface area contributed by atoms with E-state index in [-0.39, 0.29) is 6.03 Å². The summed E-state index contributed by atoms with van der Waals surface area (Å²) in [6.45, 7) is 9.27. The number of piperazine rings is 1. The minimum atomic E-state index is 0.155. The van der Waals surface area contributed by atoms with E-state index in [2.05, 4.69) is 24.1 Å². The number of nitrogens with one attached hydrogen (secondary N) is 1. The van der Waals surface area contributed by atoms with Crippen LogP contribution in [0.2, 0.25) is 0 Å². The maximum atomic E-state index is 12.2. The Morgan fingerprint density at radius 2 is 1.95 bits per heavy atom. The van der Waals surface area contributed by atoms with Crippen molar-refractivity contribution >= 4 is 17.8 Å². The first-order valence-electron chi connectivity index (χ1n) is 7.62. The first-order valence-corrected chi connectivity index (χ1v) is 8.67. The summed E-state index contributed by atoms with van der Waals surface area (Å²) in [5.74, 6) is 1.18. The molecule has 2 aliphatic rings. The van der Waals surface area contributed by atoms with Crippen LogP contribution in [0.5, 0.6) is 0 Å². The Morgan fingerprint density at radius 1 is 1.21 bits per heavy atom. The summed E-state index contributed by atoms with van der Waals surface area (Å²) >= 11 is 2.04. The average Bonchev–Trinajstić information content (AvgIpc) is 2.86. The van der Waals surface area contributed by atoms with Gasteiger partial charge in [0.1, 0.15) is 0 Å². The Hall–Kier alpha value is -0.420. The van der Waals surface area contributed by atoms with E-state index in [9.17, 15) is 4.79 Å². The number of nitrogens with zero attached hydrogens (tertiary/aromatic N) is 2. The Balaban J connectivity index is 1.70. The van der Waals surface area contributed by atoms with Gasteiger partial charge < -0.3 is 15.1 Å². The van der Waals surface area contributed by atoms with Crippen LogP contribution in [0.4, 0.5) is 4.79 Å². The Kier molecular flexibility index (Phi) is 5.82. The zero-order chi connectivity index (χ0) is 13.7. The van der Waals surface area contributed by atoms with Crippen molar-refractivity contribution in [2.75, 3.05) is 38.5 Å². The third-order valence-electron chi connectivity index (χ3n) is 4.22. The number of carbonyl (C=O) groups excluding carboxylic acids is 1. The van der Waals surface area contributed by atoms with Crippen molar-refractivity contribution in [1.82, 2.24) is 15.1 Å². The number of carbonyl (C=O) groups is 1. The molecule has 0 aromatic heterocycles. The van der Waals surface area contributed by atoms with Crippen molar-refractivity contribution < 1.29 is 4.79 Å². The molecule has 0 radical (unpaired) electrons. The van der Waals surface area contributed by atoms with Crippen LogP contribution >= 0.6 is 11.8 Å². The first-order chi connectivity index (χ1) is 9.22. The predicted molar refractivity (Wildman–Crippen MR) is 81.8 cm³/mol. The second kappa shape index (κ2) is 7.39. The van der Waals surface area contributed by atoms with Crippen LogP contribution in [-0.4, -0.2) is 65.6 Å². The summed E-state index contributed by atoms with van der Waals surface area (Å²) in [7, 11) is 0. The maximum absolute atomic E-state index is 12.2. The van der Waals surface area contributed by atoms with Crippen LogP contribution in [0.1, 0.15) is 33.1 Å². The molecular formula is C14H27N3OS. The fourth-order valence-electron chi connectivity index (χ4n) is 2.99. The lowest BCUT2D eigenvalue weighted by Crippen LogP contribution is -2.53. The molecule has 1 saturated heterocycles. The highest BCUT2D eigenvalue weighted by molar-refractivity contribution is 7.99. The largest absolute Gasteiger partial charge is 0.335 e. The average molecular weight is 285 g/mol. The van der Waals surface area contributed by atoms with E-state index in [1.807, 2.05) is 16.7 Å². The first kappa shape index (κ1) is 15.0. The second-order valence-electron chi connectivity index (χ2n) is 5.46. The van der Waals surface area contributed by atoms with Crippen molar-refractivity contribution in [3.63, 3.8) is 0 Å². The van der Waals surface area contributed by atoms with Crippen molar-refractivity contribution in [2.24, 2.45) is 0 Å². The minimum Gasteiger partial charge on any atom is -0.335 e. The molecule has 1 aliphatic heterocycles. The van der Waals surface area contributed by atoms with E-state index < -0.39 is 0 Å². The van der Waals surface area contributed by atoms with Gasteiger partial charge in [0.25, 0.3) is 0 Å². The second-order valence-corrected chi connectivity index (χ2v) is 7.04. The number of urea groups is 1. The molecule has 2 amide bonds. The number of hydrogen-bond donors (Lipinski definition) is 1. The zero-order valence-electron chi connectivity index (χ0n) is 12.2. The molecule has 5 heteroatoms. The van der Waals surface area contributed by atoms with E-state index in [0.717, 1.165) is 50.8 Å². The van der Waals surface area contributed by atoms with Crippen molar-refractivity contribution in [3.05, 3.63) is 0 Å². The molecule has 0 aromatic rings. The van der Waals surface area contributed by atoms with Gasteiger partial charge in [0.2, 0.25) is 0 Å².